The van der Waals surface area contributed by atoms with Gasteiger partial charge in [0.1, 0.15) is 0 Å². The van der Waals surface area contributed by atoms with Crippen LogP contribution in [0.4, 0.5) is 26.3 Å². The molecule has 234 valence electrons. The Bertz CT molecular complexity index is 1190. The average Bonchev–Trinajstić information content (AvgIpc) is 2.85. The predicted octanol–water partition coefficient (Wildman–Crippen LogP) is 2.13. The third-order valence-electron chi connectivity index (χ3n) is 3.36. The number of rotatable bonds is 6. The van der Waals surface area contributed by atoms with Crippen molar-refractivity contribution >= 4 is 32.7 Å². The summed E-state index contributed by atoms with van der Waals surface area (Å²) in [6.07, 6.45) is 3.42. The third-order valence-corrected chi connectivity index (χ3v) is 4.49. The minimum atomic E-state index is -6.09. The van der Waals surface area contributed by atoms with Gasteiger partial charge in [-0.15, -0.1) is 0 Å². The van der Waals surface area contributed by atoms with Crippen LogP contribution in [-0.4, -0.2) is 82.7 Å². The molecule has 0 aliphatic heterocycles. The van der Waals surface area contributed by atoms with Crippen LogP contribution in [0.25, 0.3) is 0 Å². The third kappa shape index (κ3) is 20.9. The van der Waals surface area contributed by atoms with Gasteiger partial charge in [0.05, 0.1) is 36.0 Å². The van der Waals surface area contributed by atoms with Crippen molar-refractivity contribution in [3.05, 3.63) is 59.2 Å². The van der Waals surface area contributed by atoms with Gasteiger partial charge in [-0.05, 0) is 38.1 Å². The van der Waals surface area contributed by atoms with Crippen molar-refractivity contribution in [1.82, 2.24) is 9.97 Å². The maximum absolute atomic E-state index is 10.7. The van der Waals surface area contributed by atoms with E-state index in [1.165, 1.54) is 0 Å². The quantitative estimate of drug-likeness (QED) is 0.149. The van der Waals surface area contributed by atoms with Crippen molar-refractivity contribution < 1.29 is 79.6 Å². The average molecular weight is 682 g/mol. The second-order valence-corrected chi connectivity index (χ2v) is 9.22. The van der Waals surface area contributed by atoms with Crippen molar-refractivity contribution in [2.75, 3.05) is 13.1 Å². The molecule has 0 fully saturated rings. The molecule has 0 aromatic carbocycles. The van der Waals surface area contributed by atoms with Crippen molar-refractivity contribution in [3.63, 3.8) is 0 Å². The number of aliphatic hydroxyl groups excluding tert-OH is 2. The van der Waals surface area contributed by atoms with Gasteiger partial charge in [-0.25, -0.2) is 26.8 Å². The molecule has 12 nitrogen and oxygen atoms in total. The molecule has 2 aromatic heterocycles. The molecular formula is C20H24F6FeN4O8S2. The van der Waals surface area contributed by atoms with Gasteiger partial charge in [0.15, 0.2) is 20.2 Å². The molecule has 41 heavy (non-hydrogen) atoms. The fourth-order valence-corrected chi connectivity index (χ4v) is 1.69. The zero-order valence-electron chi connectivity index (χ0n) is 21.0. The number of hydrogen-bond donors (Lipinski definition) is 2. The molecule has 0 radical (unpaired) electrons. The summed E-state index contributed by atoms with van der Waals surface area (Å²) in [6.45, 7) is 5.40. The molecule has 0 atom stereocenters. The van der Waals surface area contributed by atoms with Crippen LogP contribution in [0.1, 0.15) is 36.6 Å². The Balaban J connectivity index is -0.000000476. The summed E-state index contributed by atoms with van der Waals surface area (Å²) in [6, 6.07) is 11.0. The SMILES string of the molecule is CCN=Cc1cccc(CO)n1.CCN=Cc1cccc(CO)n1.O=S(=O)([O-])C(F)(F)F.O=S(=O)([O-])C(F)(F)F.[Fe+2]. The van der Waals surface area contributed by atoms with E-state index in [-0.39, 0.29) is 30.3 Å². The van der Waals surface area contributed by atoms with Crippen LogP contribution in [0, 0.1) is 0 Å². The van der Waals surface area contributed by atoms with Crippen LogP contribution < -0.4 is 0 Å². The minimum Gasteiger partial charge on any atom is -0.741 e. The maximum Gasteiger partial charge on any atom is 2.00 e. The number of nitrogens with zero attached hydrogens (tertiary/aromatic N) is 4. The molecule has 0 saturated heterocycles. The molecule has 0 spiro atoms. The van der Waals surface area contributed by atoms with Gasteiger partial charge in [-0.3, -0.25) is 9.98 Å². The molecule has 0 saturated carbocycles. The van der Waals surface area contributed by atoms with Gasteiger partial charge in [0, 0.05) is 25.5 Å². The Labute approximate surface area is 242 Å². The van der Waals surface area contributed by atoms with E-state index in [0.29, 0.717) is 11.4 Å². The van der Waals surface area contributed by atoms with Crippen LogP contribution in [-0.2, 0) is 50.5 Å². The largest absolute Gasteiger partial charge is 2.00 e. The summed E-state index contributed by atoms with van der Waals surface area (Å²) >= 11 is 0. The molecule has 0 unspecified atom stereocenters. The summed E-state index contributed by atoms with van der Waals surface area (Å²) in [5, 5.41) is 17.6. The summed E-state index contributed by atoms with van der Waals surface area (Å²) in [5.74, 6) is 0. The minimum absolute atomic E-state index is 0. The standard InChI is InChI=1S/2C9H12N2O.2CHF3O3S.Fe/c2*1-2-10-6-8-4-3-5-9(7-12)11-8;2*2-1(3,4)8(5,6)7;/h2*3-6,12H,2,7H2,1H3;2*(H,5,6,7);/q;;;;+2/p-2. The normalized spacial score (nSPS) is 11.8. The molecule has 0 bridgehead atoms. The first-order valence-corrected chi connectivity index (χ1v) is 13.2. The Morgan fingerprint density at radius 3 is 1.20 bits per heavy atom. The van der Waals surface area contributed by atoms with E-state index in [4.69, 9.17) is 36.2 Å². The Morgan fingerprint density at radius 2 is 1.00 bits per heavy atom. The van der Waals surface area contributed by atoms with Gasteiger partial charge >= 0.3 is 28.1 Å². The first-order chi connectivity index (χ1) is 18.2. The topological polar surface area (TPSA) is 205 Å². The van der Waals surface area contributed by atoms with Gasteiger partial charge in [0.2, 0.25) is 0 Å². The molecular weight excluding hydrogens is 658 g/mol. The number of aromatic nitrogens is 2. The zero-order chi connectivity index (χ0) is 31.6. The number of pyridine rings is 2. The number of aliphatic hydroxyl groups is 2. The number of halogens is 6. The summed E-state index contributed by atoms with van der Waals surface area (Å²) in [5.41, 5.74) is -8.35. The molecule has 0 aliphatic rings. The summed E-state index contributed by atoms with van der Waals surface area (Å²) < 4.78 is 118. The smallest absolute Gasteiger partial charge is 0.741 e. The fourth-order valence-electron chi connectivity index (χ4n) is 1.69. The Kier molecular flexibility index (Phi) is 21.3. The predicted molar refractivity (Wildman–Crippen MR) is 128 cm³/mol. The van der Waals surface area contributed by atoms with E-state index < -0.39 is 31.3 Å². The fraction of sp³-hybridized carbons (Fsp3) is 0.400. The molecule has 0 amide bonds. The number of alkyl halides is 6. The zero-order valence-corrected chi connectivity index (χ0v) is 23.8. The van der Waals surface area contributed by atoms with E-state index in [0.717, 1.165) is 24.5 Å². The van der Waals surface area contributed by atoms with E-state index in [9.17, 15) is 26.3 Å². The molecule has 0 aliphatic carbocycles. The summed E-state index contributed by atoms with van der Waals surface area (Å²) in [4.78, 5) is 16.4. The molecule has 2 rings (SSSR count). The molecule has 2 aromatic rings. The monoisotopic (exact) mass is 682 g/mol. The van der Waals surface area contributed by atoms with Gasteiger partial charge in [-0.2, -0.15) is 26.3 Å². The van der Waals surface area contributed by atoms with Crippen LogP contribution in [0.3, 0.4) is 0 Å². The van der Waals surface area contributed by atoms with Crippen molar-refractivity contribution in [3.8, 4) is 0 Å². The summed E-state index contributed by atoms with van der Waals surface area (Å²) in [7, 11) is -12.2. The second kappa shape index (κ2) is 20.4. The van der Waals surface area contributed by atoms with Crippen molar-refractivity contribution in [1.29, 1.82) is 0 Å². The number of aliphatic imine (C=N–C) groups is 2. The van der Waals surface area contributed by atoms with Crippen LogP contribution in [0.2, 0.25) is 0 Å². The van der Waals surface area contributed by atoms with Crippen molar-refractivity contribution in [2.24, 2.45) is 9.98 Å². The van der Waals surface area contributed by atoms with Gasteiger partial charge in [0.25, 0.3) is 0 Å². The first-order valence-electron chi connectivity index (χ1n) is 10.4. The molecule has 2 N–H and O–H groups in total. The van der Waals surface area contributed by atoms with E-state index in [1.807, 2.05) is 38.1 Å². The van der Waals surface area contributed by atoms with Gasteiger partial charge in [-0.1, -0.05) is 12.1 Å². The van der Waals surface area contributed by atoms with Crippen LogP contribution in [0.5, 0.6) is 0 Å². The Hall–Kier alpha value is -2.52. The first kappa shape index (κ1) is 42.9. The van der Waals surface area contributed by atoms with Crippen molar-refractivity contribution in [2.45, 2.75) is 38.1 Å². The second-order valence-electron chi connectivity index (χ2n) is 6.48. The molecule has 21 heteroatoms. The maximum atomic E-state index is 10.7. The van der Waals surface area contributed by atoms with Crippen LogP contribution >= 0.6 is 0 Å². The van der Waals surface area contributed by atoms with Gasteiger partial charge < -0.3 is 19.3 Å². The van der Waals surface area contributed by atoms with E-state index in [1.54, 1.807) is 24.6 Å². The Morgan fingerprint density at radius 1 is 0.732 bits per heavy atom. The number of hydrogen-bond acceptors (Lipinski definition) is 12. The van der Waals surface area contributed by atoms with E-state index >= 15 is 0 Å². The van der Waals surface area contributed by atoms with Crippen LogP contribution in [0.15, 0.2) is 46.4 Å². The molecule has 2 heterocycles. The van der Waals surface area contributed by atoms with E-state index in [2.05, 4.69) is 20.0 Å².